The van der Waals surface area contributed by atoms with Gasteiger partial charge in [-0.3, -0.25) is 0 Å². The lowest BCUT2D eigenvalue weighted by molar-refractivity contribution is 0.122. The number of fused-ring (bicyclic) bond motifs is 3. The number of hydrogen-bond donors (Lipinski definition) is 0. The fourth-order valence-electron chi connectivity index (χ4n) is 2.44. The van der Waals surface area contributed by atoms with E-state index in [9.17, 15) is 0 Å². The van der Waals surface area contributed by atoms with Crippen molar-refractivity contribution in [3.63, 3.8) is 0 Å². The van der Waals surface area contributed by atoms with E-state index in [4.69, 9.17) is 4.74 Å². The van der Waals surface area contributed by atoms with Crippen molar-refractivity contribution >= 4 is 22.2 Å². The van der Waals surface area contributed by atoms with E-state index in [1.165, 1.54) is 4.63 Å². The molecule has 0 aliphatic carbocycles. The van der Waals surface area contributed by atoms with Crippen molar-refractivity contribution in [1.29, 1.82) is 0 Å². The van der Waals surface area contributed by atoms with Gasteiger partial charge in [0.2, 0.25) is 5.65 Å². The first kappa shape index (κ1) is 10.6. The topological polar surface area (TPSA) is 68.4 Å². The lowest BCUT2D eigenvalue weighted by atomic mass is 10.1. The number of benzene rings is 1. The molecule has 1 saturated heterocycles. The molecule has 0 N–H and O–H groups in total. The highest BCUT2D eigenvalue weighted by molar-refractivity contribution is 5.99. The highest BCUT2D eigenvalue weighted by Crippen LogP contribution is 2.26. The summed E-state index contributed by atoms with van der Waals surface area (Å²) in [5, 5.41) is 18.3. The van der Waals surface area contributed by atoms with E-state index < -0.39 is 0 Å². The van der Waals surface area contributed by atoms with Crippen molar-refractivity contribution < 1.29 is 4.74 Å². The van der Waals surface area contributed by atoms with E-state index >= 15 is 0 Å². The molecule has 1 fully saturated rings. The summed E-state index contributed by atoms with van der Waals surface area (Å²) >= 11 is 0. The summed E-state index contributed by atoms with van der Waals surface area (Å²) in [7, 11) is 0. The van der Waals surface area contributed by atoms with Crippen LogP contribution < -0.4 is 4.90 Å². The lowest BCUT2D eigenvalue weighted by Gasteiger charge is -2.28. The Morgan fingerprint density at radius 1 is 1.05 bits per heavy atom. The van der Waals surface area contributed by atoms with E-state index in [0.29, 0.717) is 5.65 Å². The van der Waals surface area contributed by atoms with Crippen molar-refractivity contribution in [2.75, 3.05) is 31.2 Å². The number of hydrogen-bond acceptors (Lipinski definition) is 6. The zero-order chi connectivity index (χ0) is 12.7. The molecule has 0 spiro atoms. The van der Waals surface area contributed by atoms with Crippen LogP contribution in [0.15, 0.2) is 24.3 Å². The van der Waals surface area contributed by atoms with E-state index in [2.05, 4.69) is 31.6 Å². The van der Waals surface area contributed by atoms with Crippen LogP contribution >= 0.6 is 0 Å². The molecule has 0 saturated carbocycles. The third-order valence-electron chi connectivity index (χ3n) is 3.36. The molecule has 2 aromatic heterocycles. The molecule has 3 aromatic rings. The molecule has 96 valence electrons. The quantitative estimate of drug-likeness (QED) is 0.632. The van der Waals surface area contributed by atoms with Gasteiger partial charge in [-0.1, -0.05) is 24.3 Å². The molecule has 1 aliphatic rings. The maximum absolute atomic E-state index is 5.39. The minimum atomic E-state index is 0.688. The summed E-state index contributed by atoms with van der Waals surface area (Å²) in [5.41, 5.74) is 0.688. The van der Waals surface area contributed by atoms with E-state index in [-0.39, 0.29) is 0 Å². The fraction of sp³-hybridized carbons (Fsp3) is 0.333. The monoisotopic (exact) mass is 256 g/mol. The fourth-order valence-corrected chi connectivity index (χ4v) is 2.44. The van der Waals surface area contributed by atoms with Gasteiger partial charge < -0.3 is 9.64 Å². The smallest absolute Gasteiger partial charge is 0.207 e. The summed E-state index contributed by atoms with van der Waals surface area (Å²) in [6, 6.07) is 8.07. The highest BCUT2D eigenvalue weighted by Gasteiger charge is 2.18. The average molecular weight is 256 g/mol. The molecule has 0 amide bonds. The second-order valence-corrected chi connectivity index (χ2v) is 4.46. The van der Waals surface area contributed by atoms with E-state index in [0.717, 1.165) is 42.9 Å². The number of rotatable bonds is 1. The molecule has 7 heteroatoms. The van der Waals surface area contributed by atoms with Crippen molar-refractivity contribution in [1.82, 2.24) is 25.3 Å². The first-order valence-corrected chi connectivity index (χ1v) is 6.23. The number of tetrazole rings is 1. The van der Waals surface area contributed by atoms with Crippen LogP contribution in [0.25, 0.3) is 16.4 Å². The Kier molecular flexibility index (Phi) is 2.31. The molecular formula is C12H12N6O. The Hall–Kier alpha value is -2.28. The van der Waals surface area contributed by atoms with Crippen molar-refractivity contribution in [3.05, 3.63) is 24.3 Å². The normalized spacial score (nSPS) is 16.3. The SMILES string of the molecule is c1ccc2c(c1)c(N1CCOCC1)nn1nnnc21. The van der Waals surface area contributed by atoms with Gasteiger partial charge in [0.1, 0.15) is 0 Å². The van der Waals surface area contributed by atoms with Crippen LogP contribution in [-0.2, 0) is 4.74 Å². The lowest BCUT2D eigenvalue weighted by Crippen LogP contribution is -2.37. The van der Waals surface area contributed by atoms with Gasteiger partial charge in [-0.05, 0) is 10.4 Å². The average Bonchev–Trinajstić information content (AvgIpc) is 2.96. The van der Waals surface area contributed by atoms with Crippen LogP contribution in [0, 0.1) is 0 Å². The second kappa shape index (κ2) is 4.13. The molecule has 7 nitrogen and oxygen atoms in total. The third kappa shape index (κ3) is 1.62. The molecule has 0 radical (unpaired) electrons. The van der Waals surface area contributed by atoms with Crippen LogP contribution in [0.1, 0.15) is 0 Å². The van der Waals surface area contributed by atoms with Gasteiger partial charge in [-0.15, -0.1) is 14.8 Å². The minimum Gasteiger partial charge on any atom is -0.378 e. The number of morpholine rings is 1. The van der Waals surface area contributed by atoms with E-state index in [1.807, 2.05) is 18.2 Å². The molecule has 1 aliphatic heterocycles. The molecular weight excluding hydrogens is 244 g/mol. The largest absolute Gasteiger partial charge is 0.378 e. The summed E-state index contributed by atoms with van der Waals surface area (Å²) < 4.78 is 6.88. The van der Waals surface area contributed by atoms with Crippen molar-refractivity contribution in [2.45, 2.75) is 0 Å². The standard InChI is InChI=1S/C12H12N6O/c1-2-4-10-9(3-1)11-13-15-16-18(11)14-12(10)17-5-7-19-8-6-17/h1-4H,5-8H2. The van der Waals surface area contributed by atoms with Crippen LogP contribution in [0.3, 0.4) is 0 Å². The number of ether oxygens (including phenoxy) is 1. The second-order valence-electron chi connectivity index (χ2n) is 4.46. The van der Waals surface area contributed by atoms with Crippen LogP contribution in [-0.4, -0.2) is 51.6 Å². The summed E-state index contributed by atoms with van der Waals surface area (Å²) in [4.78, 5) is 2.22. The molecule has 3 heterocycles. The van der Waals surface area contributed by atoms with E-state index in [1.54, 1.807) is 0 Å². The number of aromatic nitrogens is 5. The molecule has 1 aromatic carbocycles. The van der Waals surface area contributed by atoms with Gasteiger partial charge >= 0.3 is 0 Å². The van der Waals surface area contributed by atoms with Crippen molar-refractivity contribution in [2.24, 2.45) is 0 Å². The molecule has 4 rings (SSSR count). The Bertz CT molecular complexity index is 733. The highest BCUT2D eigenvalue weighted by atomic mass is 16.5. The molecule has 0 bridgehead atoms. The maximum Gasteiger partial charge on any atom is 0.207 e. The Morgan fingerprint density at radius 2 is 1.84 bits per heavy atom. The zero-order valence-electron chi connectivity index (χ0n) is 10.2. The van der Waals surface area contributed by atoms with Gasteiger partial charge in [0.25, 0.3) is 0 Å². The summed E-state index contributed by atoms with van der Waals surface area (Å²) in [5.74, 6) is 0.915. The van der Waals surface area contributed by atoms with Gasteiger partial charge in [0.05, 0.1) is 13.2 Å². The summed E-state index contributed by atoms with van der Waals surface area (Å²) in [6.07, 6.45) is 0. The molecule has 0 atom stereocenters. The summed E-state index contributed by atoms with van der Waals surface area (Å²) in [6.45, 7) is 3.13. The Labute approximate surface area is 108 Å². The third-order valence-corrected chi connectivity index (χ3v) is 3.36. The predicted octanol–water partition coefficient (Wildman–Crippen LogP) is 0.509. The first-order chi connectivity index (χ1) is 9.43. The van der Waals surface area contributed by atoms with Crippen molar-refractivity contribution in [3.8, 4) is 0 Å². The zero-order valence-corrected chi connectivity index (χ0v) is 10.2. The Balaban J connectivity index is 2.00. The van der Waals surface area contributed by atoms with Gasteiger partial charge in [-0.2, -0.15) is 0 Å². The van der Waals surface area contributed by atoms with Gasteiger partial charge in [-0.25, -0.2) is 0 Å². The first-order valence-electron chi connectivity index (χ1n) is 6.23. The van der Waals surface area contributed by atoms with Gasteiger partial charge in [0.15, 0.2) is 5.82 Å². The van der Waals surface area contributed by atoms with Crippen LogP contribution in [0.4, 0.5) is 5.82 Å². The van der Waals surface area contributed by atoms with Crippen LogP contribution in [0.5, 0.6) is 0 Å². The van der Waals surface area contributed by atoms with Crippen LogP contribution in [0.2, 0.25) is 0 Å². The van der Waals surface area contributed by atoms with Gasteiger partial charge in [0, 0.05) is 23.9 Å². The molecule has 19 heavy (non-hydrogen) atoms. The predicted molar refractivity (Wildman–Crippen MR) is 69.1 cm³/mol. The Morgan fingerprint density at radius 3 is 2.68 bits per heavy atom. The molecule has 0 unspecified atom stereocenters. The minimum absolute atomic E-state index is 0.688. The number of nitrogens with zero attached hydrogens (tertiary/aromatic N) is 6. The maximum atomic E-state index is 5.39. The number of anilines is 1.